The van der Waals surface area contributed by atoms with Crippen molar-refractivity contribution in [2.45, 2.75) is 38.3 Å². The van der Waals surface area contributed by atoms with Gasteiger partial charge in [-0.25, -0.2) is 4.98 Å². The first-order valence-corrected chi connectivity index (χ1v) is 11.4. The van der Waals surface area contributed by atoms with Crippen molar-refractivity contribution in [1.82, 2.24) is 15.3 Å². The van der Waals surface area contributed by atoms with E-state index in [2.05, 4.69) is 20.6 Å². The molecule has 3 aromatic rings. The van der Waals surface area contributed by atoms with Gasteiger partial charge in [-0.3, -0.25) is 9.78 Å². The van der Waals surface area contributed by atoms with Gasteiger partial charge in [0.25, 0.3) is 5.91 Å². The van der Waals surface area contributed by atoms with E-state index in [1.807, 2.05) is 30.3 Å². The summed E-state index contributed by atoms with van der Waals surface area (Å²) in [5.74, 6) is 2.45. The summed E-state index contributed by atoms with van der Waals surface area (Å²) >= 11 is 0. The van der Waals surface area contributed by atoms with Crippen molar-refractivity contribution in [1.29, 1.82) is 0 Å². The van der Waals surface area contributed by atoms with Gasteiger partial charge in [0.2, 0.25) is 5.88 Å². The number of pyridine rings is 2. The quantitative estimate of drug-likeness (QED) is 0.569. The number of nitrogens with zero attached hydrogens (tertiary/aromatic N) is 2. The summed E-state index contributed by atoms with van der Waals surface area (Å²) in [6.07, 6.45) is 6.21. The van der Waals surface area contributed by atoms with E-state index in [1.165, 1.54) is 0 Å². The molecule has 2 aliphatic rings. The number of ether oxygens (including phenoxy) is 3. The van der Waals surface area contributed by atoms with Crippen LogP contribution < -0.4 is 24.8 Å². The predicted octanol–water partition coefficient (Wildman–Crippen LogP) is 3.70. The summed E-state index contributed by atoms with van der Waals surface area (Å²) in [5.41, 5.74) is 3.42. The van der Waals surface area contributed by atoms with Gasteiger partial charge in [0.05, 0.1) is 24.9 Å². The van der Waals surface area contributed by atoms with Crippen LogP contribution in [0.1, 0.15) is 31.2 Å². The minimum Gasteiger partial charge on any atom is -0.491 e. The van der Waals surface area contributed by atoms with Gasteiger partial charge in [0, 0.05) is 30.9 Å². The molecule has 0 atom stereocenters. The summed E-state index contributed by atoms with van der Waals surface area (Å²) < 4.78 is 16.8. The van der Waals surface area contributed by atoms with Crippen LogP contribution in [0.5, 0.6) is 17.4 Å². The van der Waals surface area contributed by atoms with E-state index in [0.29, 0.717) is 24.4 Å². The third-order valence-corrected chi connectivity index (χ3v) is 6.32. The van der Waals surface area contributed by atoms with Crippen molar-refractivity contribution >= 4 is 22.6 Å². The predicted molar refractivity (Wildman–Crippen MR) is 125 cm³/mol. The molecule has 1 aliphatic carbocycles. The van der Waals surface area contributed by atoms with Crippen LogP contribution in [-0.2, 0) is 11.3 Å². The molecule has 0 radical (unpaired) electrons. The van der Waals surface area contributed by atoms with E-state index in [-0.39, 0.29) is 12.5 Å². The first-order chi connectivity index (χ1) is 16.2. The van der Waals surface area contributed by atoms with E-state index in [9.17, 15) is 4.79 Å². The Morgan fingerprint density at radius 1 is 1.15 bits per heavy atom. The number of hydrogen-bond donors (Lipinski definition) is 2. The molecule has 0 spiro atoms. The Hall–Kier alpha value is -3.39. The maximum atomic E-state index is 11.5. The summed E-state index contributed by atoms with van der Waals surface area (Å²) in [6.45, 7) is 1.53. The minimum atomic E-state index is -0.108. The maximum absolute atomic E-state index is 11.5. The number of hydrogen-bond acceptors (Lipinski definition) is 7. The molecular formula is C25H28N4O4. The van der Waals surface area contributed by atoms with Crippen LogP contribution in [0.3, 0.4) is 0 Å². The Labute approximate surface area is 192 Å². The molecule has 0 saturated heterocycles. The van der Waals surface area contributed by atoms with Crippen LogP contribution in [0.25, 0.3) is 11.0 Å². The third kappa shape index (κ3) is 5.01. The molecule has 5 rings (SSSR count). The highest BCUT2D eigenvalue weighted by atomic mass is 16.5. The number of anilines is 1. The highest BCUT2D eigenvalue weighted by molar-refractivity contribution is 5.95. The lowest BCUT2D eigenvalue weighted by atomic mass is 9.86. The number of amides is 1. The molecule has 1 aromatic carbocycles. The van der Waals surface area contributed by atoms with Crippen LogP contribution >= 0.6 is 0 Å². The number of carbonyl (C=O) groups excluding carboxylic acids is 1. The van der Waals surface area contributed by atoms with Gasteiger partial charge in [-0.2, -0.15) is 0 Å². The molecule has 1 aliphatic heterocycles. The molecule has 1 saturated carbocycles. The van der Waals surface area contributed by atoms with E-state index in [1.54, 1.807) is 19.4 Å². The first kappa shape index (κ1) is 21.5. The van der Waals surface area contributed by atoms with Crippen molar-refractivity contribution < 1.29 is 19.0 Å². The molecule has 0 bridgehead atoms. The maximum Gasteiger partial charge on any atom is 0.262 e. The highest BCUT2D eigenvalue weighted by Gasteiger charge is 2.22. The standard InChI is InChI=1S/C25H28N4O4/c1-31-24-9-7-19-25(29-24)22(10-11-26-19)32-14-16-2-5-18(6-3-16)27-13-17-4-8-21-20(12-17)28-23(30)15-33-21/h4,7-12,16,18,27H,2-3,5-6,13-15H2,1H3,(H,28,30)/t16-,18-. The lowest BCUT2D eigenvalue weighted by Crippen LogP contribution is -2.34. The van der Waals surface area contributed by atoms with Crippen LogP contribution in [0.4, 0.5) is 5.69 Å². The number of nitrogens with one attached hydrogen (secondary N) is 2. The Kier molecular flexibility index (Phi) is 6.26. The van der Waals surface area contributed by atoms with Crippen LogP contribution in [-0.4, -0.2) is 42.2 Å². The van der Waals surface area contributed by atoms with Gasteiger partial charge in [0.1, 0.15) is 17.0 Å². The van der Waals surface area contributed by atoms with Gasteiger partial charge >= 0.3 is 0 Å². The fourth-order valence-electron chi connectivity index (χ4n) is 4.46. The minimum absolute atomic E-state index is 0.0830. The number of rotatable bonds is 7. The van der Waals surface area contributed by atoms with Crippen LogP contribution in [0.15, 0.2) is 42.6 Å². The average Bonchev–Trinajstić information content (AvgIpc) is 2.86. The fourth-order valence-corrected chi connectivity index (χ4v) is 4.46. The number of carbonyl (C=O) groups is 1. The van der Waals surface area contributed by atoms with Crippen molar-refractivity contribution in [2.75, 3.05) is 25.6 Å². The van der Waals surface area contributed by atoms with Gasteiger partial charge in [-0.15, -0.1) is 0 Å². The molecule has 33 heavy (non-hydrogen) atoms. The van der Waals surface area contributed by atoms with Crippen LogP contribution in [0.2, 0.25) is 0 Å². The molecule has 8 heteroatoms. The van der Waals surface area contributed by atoms with Gasteiger partial charge in [-0.05, 0) is 55.4 Å². The number of benzene rings is 1. The summed E-state index contributed by atoms with van der Waals surface area (Å²) in [5, 5.41) is 6.53. The molecule has 3 heterocycles. The molecule has 8 nitrogen and oxygen atoms in total. The van der Waals surface area contributed by atoms with Gasteiger partial charge < -0.3 is 24.8 Å². The second-order valence-corrected chi connectivity index (χ2v) is 8.61. The molecule has 2 N–H and O–H groups in total. The molecular weight excluding hydrogens is 420 g/mol. The summed E-state index contributed by atoms with van der Waals surface area (Å²) in [6, 6.07) is 12.0. The van der Waals surface area contributed by atoms with E-state index >= 15 is 0 Å². The first-order valence-electron chi connectivity index (χ1n) is 11.4. The Bertz CT molecular complexity index is 1140. The molecule has 0 unspecified atom stereocenters. The van der Waals surface area contributed by atoms with Crippen LogP contribution in [0, 0.1) is 5.92 Å². The number of methoxy groups -OCH3 is 1. The van der Waals surface area contributed by atoms with Crippen molar-refractivity contribution in [3.05, 3.63) is 48.2 Å². The molecule has 1 amide bonds. The fraction of sp³-hybridized carbons (Fsp3) is 0.400. The molecule has 2 aromatic heterocycles. The summed E-state index contributed by atoms with van der Waals surface area (Å²) in [7, 11) is 1.61. The van der Waals surface area contributed by atoms with Gasteiger partial charge in [0.15, 0.2) is 6.61 Å². The second kappa shape index (κ2) is 9.62. The zero-order valence-electron chi connectivity index (χ0n) is 18.7. The van der Waals surface area contributed by atoms with E-state index in [0.717, 1.165) is 66.0 Å². The van der Waals surface area contributed by atoms with E-state index < -0.39 is 0 Å². The largest absolute Gasteiger partial charge is 0.491 e. The normalized spacial score (nSPS) is 20.0. The second-order valence-electron chi connectivity index (χ2n) is 8.61. The third-order valence-electron chi connectivity index (χ3n) is 6.32. The number of aromatic nitrogens is 2. The zero-order chi connectivity index (χ0) is 22.6. The Morgan fingerprint density at radius 2 is 2.03 bits per heavy atom. The average molecular weight is 449 g/mol. The van der Waals surface area contributed by atoms with Crippen molar-refractivity contribution in [3.8, 4) is 17.4 Å². The van der Waals surface area contributed by atoms with Gasteiger partial charge in [-0.1, -0.05) is 6.07 Å². The lowest BCUT2D eigenvalue weighted by Gasteiger charge is -2.29. The van der Waals surface area contributed by atoms with Crippen molar-refractivity contribution in [3.63, 3.8) is 0 Å². The molecule has 172 valence electrons. The topological polar surface area (TPSA) is 94.6 Å². The van der Waals surface area contributed by atoms with Crippen molar-refractivity contribution in [2.24, 2.45) is 5.92 Å². The number of fused-ring (bicyclic) bond motifs is 2. The zero-order valence-corrected chi connectivity index (χ0v) is 18.7. The monoisotopic (exact) mass is 448 g/mol. The smallest absolute Gasteiger partial charge is 0.262 e. The Balaban J connectivity index is 1.11. The lowest BCUT2D eigenvalue weighted by molar-refractivity contribution is -0.118. The molecule has 1 fully saturated rings. The Morgan fingerprint density at radius 3 is 2.88 bits per heavy atom. The highest BCUT2D eigenvalue weighted by Crippen LogP contribution is 2.30. The summed E-state index contributed by atoms with van der Waals surface area (Å²) in [4.78, 5) is 20.4. The van der Waals surface area contributed by atoms with E-state index in [4.69, 9.17) is 14.2 Å². The SMILES string of the molecule is COc1ccc2nccc(OC[C@H]3CC[C@H](NCc4ccc5c(c4)NC(=O)CO5)CC3)c2n1.